The van der Waals surface area contributed by atoms with E-state index in [1.807, 2.05) is 0 Å². The first-order valence-electron chi connectivity index (χ1n) is 9.45. The third kappa shape index (κ3) is 5.20. The molecule has 0 unspecified atom stereocenters. The van der Waals surface area contributed by atoms with E-state index in [1.165, 1.54) is 19.4 Å². The fraction of sp³-hybridized carbons (Fsp3) is 0.136. The van der Waals surface area contributed by atoms with Gasteiger partial charge in [0.05, 0.1) is 12.1 Å². The normalized spacial score (nSPS) is 11.5. The summed E-state index contributed by atoms with van der Waals surface area (Å²) in [4.78, 5) is 15.2. The van der Waals surface area contributed by atoms with E-state index in [2.05, 4.69) is 19.9 Å². The number of ether oxygens (including phenoxy) is 2. The van der Waals surface area contributed by atoms with E-state index in [9.17, 15) is 13.2 Å². The van der Waals surface area contributed by atoms with E-state index < -0.39 is 11.9 Å². The Morgan fingerprint density at radius 3 is 2.45 bits per heavy atom. The second-order valence-corrected chi connectivity index (χ2v) is 7.62. The Morgan fingerprint density at radius 2 is 1.82 bits per heavy atom. The van der Waals surface area contributed by atoms with Crippen LogP contribution in [0.2, 0.25) is 10.2 Å². The lowest BCUT2D eigenvalue weighted by atomic mass is 10.1. The van der Waals surface area contributed by atoms with Crippen LogP contribution in [0.3, 0.4) is 0 Å². The molecule has 33 heavy (non-hydrogen) atoms. The summed E-state index contributed by atoms with van der Waals surface area (Å²) < 4.78 is 49.1. The van der Waals surface area contributed by atoms with Crippen LogP contribution >= 0.6 is 23.2 Å². The van der Waals surface area contributed by atoms with Gasteiger partial charge in [-0.25, -0.2) is 4.98 Å². The van der Waals surface area contributed by atoms with Crippen molar-refractivity contribution in [3.8, 4) is 34.3 Å². The zero-order valence-corrected chi connectivity index (χ0v) is 18.5. The molecular weight excluding hydrogens is 480 g/mol. The number of nitrogens with zero attached hydrogens (tertiary/aromatic N) is 3. The lowest BCUT2D eigenvalue weighted by molar-refractivity contribution is -0.141. The lowest BCUT2D eigenvalue weighted by Crippen LogP contribution is -2.08. The molecule has 0 spiro atoms. The minimum atomic E-state index is -4.49. The third-order valence-electron chi connectivity index (χ3n) is 4.58. The molecule has 170 valence electrons. The molecule has 1 aromatic carbocycles. The van der Waals surface area contributed by atoms with Crippen molar-refractivity contribution in [2.24, 2.45) is 0 Å². The highest BCUT2D eigenvalue weighted by Gasteiger charge is 2.32. The van der Waals surface area contributed by atoms with Crippen molar-refractivity contribution >= 4 is 23.2 Å². The smallest absolute Gasteiger partial charge is 0.433 e. The molecule has 0 aliphatic rings. The predicted molar refractivity (Wildman–Crippen MR) is 117 cm³/mol. The molecular formula is C22H15Cl2F3N4O2. The Kier molecular flexibility index (Phi) is 6.44. The molecule has 1 N–H and O–H groups in total. The van der Waals surface area contributed by atoms with Crippen LogP contribution in [0.5, 0.6) is 11.5 Å². The summed E-state index contributed by atoms with van der Waals surface area (Å²) in [6.07, 6.45) is -1.85. The van der Waals surface area contributed by atoms with Gasteiger partial charge >= 0.3 is 6.18 Å². The van der Waals surface area contributed by atoms with Gasteiger partial charge in [-0.05, 0) is 30.3 Å². The Bertz CT molecular complexity index is 1260. The van der Waals surface area contributed by atoms with Crippen LogP contribution in [0.1, 0.15) is 11.3 Å². The van der Waals surface area contributed by atoms with Crippen molar-refractivity contribution < 1.29 is 22.6 Å². The summed E-state index contributed by atoms with van der Waals surface area (Å²) in [5, 5.41) is 0.797. The maximum Gasteiger partial charge on any atom is 0.433 e. The van der Waals surface area contributed by atoms with E-state index in [0.717, 1.165) is 12.3 Å². The van der Waals surface area contributed by atoms with E-state index in [0.29, 0.717) is 50.0 Å². The molecule has 0 atom stereocenters. The van der Waals surface area contributed by atoms with Crippen LogP contribution in [-0.2, 0) is 12.8 Å². The SMILES string of the molecule is COc1cc(OCc2ccc(C(F)(F)F)nc2)ccc1-c1nc(-c2ccc(Cl)cn2)[nH]c1Cl. The number of imidazole rings is 1. The number of aromatic amines is 1. The summed E-state index contributed by atoms with van der Waals surface area (Å²) in [7, 11) is 1.49. The Hall–Kier alpha value is -3.30. The second kappa shape index (κ2) is 9.29. The highest BCUT2D eigenvalue weighted by molar-refractivity contribution is 6.32. The Morgan fingerprint density at radius 1 is 1.00 bits per heavy atom. The molecule has 0 aliphatic heterocycles. The summed E-state index contributed by atoms with van der Waals surface area (Å²) in [5.41, 5.74) is 1.17. The van der Waals surface area contributed by atoms with Crippen LogP contribution in [0, 0.1) is 0 Å². The van der Waals surface area contributed by atoms with Crippen molar-refractivity contribution in [3.05, 3.63) is 76.3 Å². The van der Waals surface area contributed by atoms with E-state index in [1.54, 1.807) is 30.3 Å². The average Bonchev–Trinajstić information content (AvgIpc) is 3.19. The molecule has 0 fully saturated rings. The lowest BCUT2D eigenvalue weighted by Gasteiger charge is -2.11. The third-order valence-corrected chi connectivity index (χ3v) is 5.08. The maximum absolute atomic E-state index is 12.6. The number of pyridine rings is 2. The molecule has 4 rings (SSSR count). The molecule has 0 radical (unpaired) electrons. The number of benzene rings is 1. The van der Waals surface area contributed by atoms with E-state index >= 15 is 0 Å². The van der Waals surface area contributed by atoms with Gasteiger partial charge in [0, 0.05) is 29.6 Å². The summed E-state index contributed by atoms with van der Waals surface area (Å²) in [6, 6.07) is 10.7. The molecule has 4 aromatic rings. The van der Waals surface area contributed by atoms with Crippen LogP contribution in [0.25, 0.3) is 22.8 Å². The molecule has 3 heterocycles. The van der Waals surface area contributed by atoms with Crippen LogP contribution < -0.4 is 9.47 Å². The average molecular weight is 495 g/mol. The van der Waals surface area contributed by atoms with Gasteiger partial charge in [0.1, 0.15) is 40.3 Å². The van der Waals surface area contributed by atoms with Crippen LogP contribution in [0.15, 0.2) is 54.9 Å². The van der Waals surface area contributed by atoms with Crippen molar-refractivity contribution in [1.82, 2.24) is 19.9 Å². The molecule has 0 saturated carbocycles. The van der Waals surface area contributed by atoms with E-state index in [-0.39, 0.29) is 6.61 Å². The van der Waals surface area contributed by atoms with Crippen molar-refractivity contribution in [2.75, 3.05) is 7.11 Å². The number of methoxy groups -OCH3 is 1. The minimum absolute atomic E-state index is 0.0309. The summed E-state index contributed by atoms with van der Waals surface area (Å²) in [6.45, 7) is 0.0309. The highest BCUT2D eigenvalue weighted by atomic mass is 35.5. The van der Waals surface area contributed by atoms with Crippen LogP contribution in [-0.4, -0.2) is 27.0 Å². The number of hydrogen-bond donors (Lipinski definition) is 1. The Balaban J connectivity index is 1.53. The minimum Gasteiger partial charge on any atom is -0.496 e. The fourth-order valence-corrected chi connectivity index (χ4v) is 3.31. The topological polar surface area (TPSA) is 72.9 Å². The first-order valence-corrected chi connectivity index (χ1v) is 10.2. The highest BCUT2D eigenvalue weighted by Crippen LogP contribution is 2.37. The number of rotatable bonds is 6. The second-order valence-electron chi connectivity index (χ2n) is 6.81. The van der Waals surface area contributed by atoms with Gasteiger partial charge in [0.15, 0.2) is 5.82 Å². The van der Waals surface area contributed by atoms with Gasteiger partial charge in [0.25, 0.3) is 0 Å². The standard InChI is InChI=1S/C22H15Cl2F3N4O2/c1-32-17-8-14(33-11-12-2-7-18(29-9-12)22(25,26)27)4-5-15(17)19-20(24)31-21(30-19)16-6-3-13(23)10-28-16/h2-10H,11H2,1H3,(H,30,31). The van der Waals surface area contributed by atoms with Gasteiger partial charge in [-0.2, -0.15) is 13.2 Å². The number of aromatic nitrogens is 4. The number of hydrogen-bond acceptors (Lipinski definition) is 5. The molecule has 0 amide bonds. The fourth-order valence-electron chi connectivity index (χ4n) is 2.97. The molecule has 0 aliphatic carbocycles. The monoisotopic (exact) mass is 494 g/mol. The zero-order chi connectivity index (χ0) is 23.6. The van der Waals surface area contributed by atoms with Crippen molar-refractivity contribution in [2.45, 2.75) is 12.8 Å². The van der Waals surface area contributed by atoms with Gasteiger partial charge in [0.2, 0.25) is 0 Å². The molecule has 0 bridgehead atoms. The number of nitrogens with one attached hydrogen (secondary N) is 1. The molecule has 6 nitrogen and oxygen atoms in total. The van der Waals surface area contributed by atoms with E-state index in [4.69, 9.17) is 32.7 Å². The predicted octanol–water partition coefficient (Wildman–Crippen LogP) is 6.45. The van der Waals surface area contributed by atoms with Gasteiger partial charge in [-0.3, -0.25) is 9.97 Å². The summed E-state index contributed by atoms with van der Waals surface area (Å²) in [5.74, 6) is 1.35. The van der Waals surface area contributed by atoms with Crippen molar-refractivity contribution in [1.29, 1.82) is 0 Å². The van der Waals surface area contributed by atoms with Gasteiger partial charge in [-0.1, -0.05) is 29.3 Å². The molecule has 0 saturated heterocycles. The first kappa shape index (κ1) is 22.9. The number of H-pyrrole nitrogens is 1. The first-order chi connectivity index (χ1) is 15.7. The van der Waals surface area contributed by atoms with Gasteiger partial charge in [-0.15, -0.1) is 0 Å². The van der Waals surface area contributed by atoms with Crippen LogP contribution in [0.4, 0.5) is 13.2 Å². The quantitative estimate of drug-likeness (QED) is 0.333. The summed E-state index contributed by atoms with van der Waals surface area (Å²) >= 11 is 12.2. The number of halogens is 5. The zero-order valence-electron chi connectivity index (χ0n) is 17.0. The largest absolute Gasteiger partial charge is 0.496 e. The Labute approximate surface area is 196 Å². The molecule has 3 aromatic heterocycles. The molecule has 11 heteroatoms. The maximum atomic E-state index is 12.6. The number of alkyl halides is 3. The van der Waals surface area contributed by atoms with Gasteiger partial charge < -0.3 is 14.5 Å². The van der Waals surface area contributed by atoms with Crippen molar-refractivity contribution in [3.63, 3.8) is 0 Å².